The van der Waals surface area contributed by atoms with Crippen LogP contribution in [-0.2, 0) is 24.4 Å². The maximum Gasteiger partial charge on any atom is 0.326 e. The van der Waals surface area contributed by atoms with Crippen molar-refractivity contribution >= 4 is 62.0 Å². The largest absolute Gasteiger partial charge is 0.480 e. The summed E-state index contributed by atoms with van der Waals surface area (Å²) in [5.41, 5.74) is 0. The zero-order valence-corrected chi connectivity index (χ0v) is 20.0. The topological polar surface area (TPSA) is 112 Å². The summed E-state index contributed by atoms with van der Waals surface area (Å²) in [5.74, 6) is -2.11. The van der Waals surface area contributed by atoms with Crippen LogP contribution in [0.25, 0.3) is 9.75 Å². The summed E-state index contributed by atoms with van der Waals surface area (Å²) in [4.78, 5) is 39.0. The number of rotatable bonds is 9. The summed E-state index contributed by atoms with van der Waals surface area (Å²) in [6, 6.07) is 4.42. The second kappa shape index (κ2) is 9.37. The molecule has 0 radical (unpaired) electrons. The van der Waals surface area contributed by atoms with Crippen LogP contribution in [0.1, 0.15) is 26.7 Å². The molecule has 168 valence electrons. The van der Waals surface area contributed by atoms with Crippen LogP contribution in [0.15, 0.2) is 28.5 Å². The molecule has 0 spiro atoms. The van der Waals surface area contributed by atoms with Gasteiger partial charge in [0.15, 0.2) is 0 Å². The number of carboxylic acid groups (broad SMARTS) is 1. The lowest BCUT2D eigenvalue weighted by atomic mass is 10.2. The summed E-state index contributed by atoms with van der Waals surface area (Å²) in [6.07, 6.45) is 0.233. The van der Waals surface area contributed by atoms with Gasteiger partial charge < -0.3 is 10.0 Å². The fraction of sp³-hybridized carbons (Fsp3) is 0.421. The van der Waals surface area contributed by atoms with Crippen LogP contribution in [-0.4, -0.2) is 65.6 Å². The highest BCUT2D eigenvalue weighted by atomic mass is 35.5. The first kappa shape index (κ1) is 23.9. The molecule has 12 heteroatoms. The van der Waals surface area contributed by atoms with Crippen molar-refractivity contribution in [2.75, 3.05) is 13.1 Å². The van der Waals surface area contributed by atoms with Crippen LogP contribution in [0.3, 0.4) is 0 Å². The molecule has 0 aromatic carbocycles. The summed E-state index contributed by atoms with van der Waals surface area (Å²) >= 11 is 8.32. The lowest BCUT2D eigenvalue weighted by Gasteiger charge is -2.27. The molecule has 1 aliphatic rings. The molecule has 1 amide bonds. The number of halogens is 1. The maximum atomic E-state index is 13.5. The van der Waals surface area contributed by atoms with Crippen LogP contribution in [0.2, 0.25) is 4.34 Å². The standard InChI is InChI=1S/C19H21ClN2O6S3/c1-3-12(23)10-22(13-8-9-21(18(13)24)11(2)19(25)26)31(27,28)17-7-5-15(30-17)14-4-6-16(20)29-14/h4-7,11,13H,3,8-10H2,1-2H3,(H,25,26)/t11-,13-/m0/s1. The highest BCUT2D eigenvalue weighted by Gasteiger charge is 2.45. The molecule has 2 aromatic heterocycles. The van der Waals surface area contributed by atoms with Gasteiger partial charge in [0.2, 0.25) is 5.91 Å². The van der Waals surface area contributed by atoms with Crippen LogP contribution < -0.4 is 0 Å². The molecular weight excluding hydrogens is 484 g/mol. The summed E-state index contributed by atoms with van der Waals surface area (Å²) in [6.45, 7) is 2.65. The van der Waals surface area contributed by atoms with E-state index in [9.17, 15) is 27.9 Å². The number of hydrogen-bond donors (Lipinski definition) is 1. The van der Waals surface area contributed by atoms with Crippen molar-refractivity contribution in [3.8, 4) is 9.75 Å². The number of likely N-dealkylation sites (tertiary alicyclic amines) is 1. The number of hydrogen-bond acceptors (Lipinski definition) is 7. The molecule has 1 fully saturated rings. The number of carbonyl (C=O) groups excluding carboxylic acids is 2. The fourth-order valence-electron chi connectivity index (χ4n) is 3.27. The molecule has 0 saturated carbocycles. The van der Waals surface area contributed by atoms with E-state index >= 15 is 0 Å². The Kier molecular flexibility index (Phi) is 7.21. The fourth-order valence-corrected chi connectivity index (χ4v) is 7.44. The van der Waals surface area contributed by atoms with Gasteiger partial charge in [-0.2, -0.15) is 4.31 Å². The zero-order valence-electron chi connectivity index (χ0n) is 16.8. The quantitative estimate of drug-likeness (QED) is 0.561. The van der Waals surface area contributed by atoms with Crippen molar-refractivity contribution in [2.45, 2.75) is 43.0 Å². The van der Waals surface area contributed by atoms with Gasteiger partial charge in [0.25, 0.3) is 10.0 Å². The van der Waals surface area contributed by atoms with E-state index in [2.05, 4.69) is 0 Å². The van der Waals surface area contributed by atoms with Crippen molar-refractivity contribution in [1.82, 2.24) is 9.21 Å². The molecule has 1 aliphatic heterocycles. The van der Waals surface area contributed by atoms with E-state index in [0.717, 1.165) is 25.4 Å². The smallest absolute Gasteiger partial charge is 0.326 e. The Labute approximate surface area is 193 Å². The monoisotopic (exact) mass is 504 g/mol. The van der Waals surface area contributed by atoms with E-state index in [-0.39, 0.29) is 29.4 Å². The number of ketones is 1. The predicted molar refractivity (Wildman–Crippen MR) is 119 cm³/mol. The summed E-state index contributed by atoms with van der Waals surface area (Å²) in [7, 11) is -4.16. The molecule has 3 heterocycles. The minimum Gasteiger partial charge on any atom is -0.480 e. The Balaban J connectivity index is 1.95. The number of Topliss-reactive ketones (excluding diaryl/α,β-unsaturated/α-hetero) is 1. The molecule has 3 rings (SSSR count). The summed E-state index contributed by atoms with van der Waals surface area (Å²) in [5, 5.41) is 9.23. The molecule has 1 N–H and O–H groups in total. The molecule has 8 nitrogen and oxygen atoms in total. The van der Waals surface area contributed by atoms with Crippen LogP contribution >= 0.6 is 34.3 Å². The second-order valence-electron chi connectivity index (χ2n) is 7.02. The Morgan fingerprint density at radius 2 is 1.90 bits per heavy atom. The molecular formula is C19H21ClN2O6S3. The van der Waals surface area contributed by atoms with Crippen LogP contribution in [0, 0.1) is 0 Å². The lowest BCUT2D eigenvalue weighted by Crippen LogP contribution is -2.49. The van der Waals surface area contributed by atoms with E-state index < -0.39 is 40.5 Å². The molecule has 31 heavy (non-hydrogen) atoms. The van der Waals surface area contributed by atoms with Crippen molar-refractivity contribution in [3.63, 3.8) is 0 Å². The average Bonchev–Trinajstić information content (AvgIpc) is 3.45. The third kappa shape index (κ3) is 4.85. The number of thiophene rings is 2. The van der Waals surface area contributed by atoms with Crippen molar-refractivity contribution < 1.29 is 27.9 Å². The average molecular weight is 505 g/mol. The SMILES string of the molecule is CCC(=O)CN([C@H]1CCN([C@@H](C)C(=O)O)C1=O)S(=O)(=O)c1ccc(-c2ccc(Cl)s2)s1. The number of carboxylic acids is 1. The van der Waals surface area contributed by atoms with Crippen LogP contribution in [0.5, 0.6) is 0 Å². The van der Waals surface area contributed by atoms with Gasteiger partial charge in [-0.3, -0.25) is 9.59 Å². The third-order valence-electron chi connectivity index (χ3n) is 5.07. The van der Waals surface area contributed by atoms with E-state index in [1.165, 1.54) is 24.3 Å². The Morgan fingerprint density at radius 3 is 2.48 bits per heavy atom. The molecule has 2 atom stereocenters. The van der Waals surface area contributed by atoms with E-state index in [4.69, 9.17) is 11.6 Å². The number of carbonyl (C=O) groups is 3. The zero-order chi connectivity index (χ0) is 22.9. The third-order valence-corrected chi connectivity index (χ3v) is 9.91. The van der Waals surface area contributed by atoms with E-state index in [0.29, 0.717) is 9.21 Å². The van der Waals surface area contributed by atoms with Gasteiger partial charge in [-0.1, -0.05) is 18.5 Å². The maximum absolute atomic E-state index is 13.5. The van der Waals surface area contributed by atoms with Gasteiger partial charge in [0.1, 0.15) is 22.1 Å². The Morgan fingerprint density at radius 1 is 1.26 bits per heavy atom. The second-order valence-corrected chi connectivity index (χ2v) is 11.9. The first-order valence-corrected chi connectivity index (χ1v) is 12.9. The highest BCUT2D eigenvalue weighted by Crippen LogP contribution is 2.38. The minimum atomic E-state index is -4.16. The molecule has 2 aromatic rings. The van der Waals surface area contributed by atoms with Gasteiger partial charge in [-0.15, -0.1) is 22.7 Å². The first-order valence-electron chi connectivity index (χ1n) is 9.48. The molecule has 0 bridgehead atoms. The van der Waals surface area contributed by atoms with Gasteiger partial charge >= 0.3 is 5.97 Å². The Hall–Kier alpha value is -1.79. The number of amides is 1. The molecule has 1 saturated heterocycles. The van der Waals surface area contributed by atoms with E-state index in [1.807, 2.05) is 0 Å². The normalized spacial score (nSPS) is 18.0. The molecule has 0 aliphatic carbocycles. The van der Waals surface area contributed by atoms with Gasteiger partial charge in [0.05, 0.1) is 10.9 Å². The lowest BCUT2D eigenvalue weighted by molar-refractivity contribution is -0.148. The minimum absolute atomic E-state index is 0.00783. The van der Waals surface area contributed by atoms with Crippen molar-refractivity contribution in [1.29, 1.82) is 0 Å². The van der Waals surface area contributed by atoms with E-state index in [1.54, 1.807) is 25.1 Å². The van der Waals surface area contributed by atoms with Crippen molar-refractivity contribution in [2.24, 2.45) is 0 Å². The number of aliphatic carboxylic acids is 1. The highest BCUT2D eigenvalue weighted by molar-refractivity contribution is 7.91. The predicted octanol–water partition coefficient (Wildman–Crippen LogP) is 3.17. The van der Waals surface area contributed by atoms with Crippen LogP contribution in [0.4, 0.5) is 0 Å². The van der Waals surface area contributed by atoms with Gasteiger partial charge in [-0.25, -0.2) is 13.2 Å². The summed E-state index contributed by atoms with van der Waals surface area (Å²) < 4.78 is 28.4. The number of sulfonamides is 1. The van der Waals surface area contributed by atoms with Gasteiger partial charge in [0, 0.05) is 22.7 Å². The first-order chi connectivity index (χ1) is 14.6. The Bertz CT molecular complexity index is 1110. The number of nitrogens with zero attached hydrogens (tertiary/aromatic N) is 2. The van der Waals surface area contributed by atoms with Crippen molar-refractivity contribution in [3.05, 3.63) is 28.6 Å². The van der Waals surface area contributed by atoms with Gasteiger partial charge in [-0.05, 0) is 37.6 Å². The molecule has 0 unspecified atom stereocenters.